The fraction of sp³-hybridized carbons (Fsp3) is 0.375. The van der Waals surface area contributed by atoms with Crippen molar-refractivity contribution in [2.45, 2.75) is 19.9 Å². The van der Waals surface area contributed by atoms with Gasteiger partial charge in [-0.25, -0.2) is 4.79 Å². The average Bonchev–Trinajstić information content (AvgIpc) is 3.07. The standard InChI is InChI=1S/C16H20N4O3S/c1-4-13-15(24-19-18-13)16(22)23-10-14(21)17-9-11-5-7-12(8-6-11)20(2)3/h5-8H,4,9-10H2,1-3H3,(H,17,21). The quantitative estimate of drug-likeness (QED) is 0.766. The maximum atomic E-state index is 11.9. The lowest BCUT2D eigenvalue weighted by Crippen LogP contribution is -2.28. The van der Waals surface area contributed by atoms with Gasteiger partial charge in [-0.05, 0) is 35.6 Å². The predicted octanol–water partition coefficient (Wildman–Crippen LogP) is 1.64. The van der Waals surface area contributed by atoms with Gasteiger partial charge in [0, 0.05) is 26.3 Å². The Kier molecular flexibility index (Phi) is 6.25. The summed E-state index contributed by atoms with van der Waals surface area (Å²) in [7, 11) is 3.93. The number of nitrogens with zero attached hydrogens (tertiary/aromatic N) is 3. The fourth-order valence-electron chi connectivity index (χ4n) is 1.96. The van der Waals surface area contributed by atoms with Crippen molar-refractivity contribution < 1.29 is 14.3 Å². The number of rotatable bonds is 7. The number of anilines is 1. The molecule has 0 radical (unpaired) electrons. The summed E-state index contributed by atoms with van der Waals surface area (Å²) >= 11 is 0.976. The minimum absolute atomic E-state index is 0.324. The second kappa shape index (κ2) is 8.39. The molecule has 0 aliphatic rings. The lowest BCUT2D eigenvalue weighted by Gasteiger charge is -2.13. The number of aromatic nitrogens is 2. The zero-order valence-corrected chi connectivity index (χ0v) is 14.7. The molecule has 1 aromatic heterocycles. The van der Waals surface area contributed by atoms with Crippen LogP contribution in [0.25, 0.3) is 0 Å². The summed E-state index contributed by atoms with van der Waals surface area (Å²) in [6.07, 6.45) is 0.593. The molecule has 0 saturated carbocycles. The molecular formula is C16H20N4O3S. The number of hydrogen-bond acceptors (Lipinski definition) is 7. The third-order valence-corrected chi connectivity index (χ3v) is 4.10. The average molecular weight is 348 g/mol. The molecule has 7 nitrogen and oxygen atoms in total. The Morgan fingerprint density at radius 2 is 1.96 bits per heavy atom. The highest BCUT2D eigenvalue weighted by Gasteiger charge is 2.17. The van der Waals surface area contributed by atoms with E-state index >= 15 is 0 Å². The lowest BCUT2D eigenvalue weighted by molar-refractivity contribution is -0.124. The molecule has 0 spiro atoms. The summed E-state index contributed by atoms with van der Waals surface area (Å²) in [5.74, 6) is -0.914. The highest BCUT2D eigenvalue weighted by atomic mass is 32.1. The van der Waals surface area contributed by atoms with E-state index in [2.05, 4.69) is 14.9 Å². The minimum atomic E-state index is -0.563. The van der Waals surface area contributed by atoms with Crippen LogP contribution < -0.4 is 10.2 Å². The molecular weight excluding hydrogens is 328 g/mol. The first kappa shape index (κ1) is 17.9. The van der Waals surface area contributed by atoms with Gasteiger partial charge in [0.2, 0.25) is 0 Å². The van der Waals surface area contributed by atoms with Gasteiger partial charge in [0.25, 0.3) is 5.91 Å². The van der Waals surface area contributed by atoms with E-state index in [1.807, 2.05) is 50.2 Å². The first-order valence-electron chi connectivity index (χ1n) is 7.52. The summed E-state index contributed by atoms with van der Waals surface area (Å²) in [5, 5.41) is 6.56. The molecule has 128 valence electrons. The Morgan fingerprint density at radius 3 is 2.58 bits per heavy atom. The van der Waals surface area contributed by atoms with Gasteiger partial charge >= 0.3 is 5.97 Å². The Morgan fingerprint density at radius 1 is 1.25 bits per heavy atom. The van der Waals surface area contributed by atoms with Crippen molar-refractivity contribution in [2.24, 2.45) is 0 Å². The van der Waals surface area contributed by atoms with Crippen LogP contribution in [0.3, 0.4) is 0 Å². The highest BCUT2D eigenvalue weighted by molar-refractivity contribution is 7.07. The Bertz CT molecular complexity index is 698. The van der Waals surface area contributed by atoms with Crippen molar-refractivity contribution in [1.29, 1.82) is 0 Å². The van der Waals surface area contributed by atoms with E-state index < -0.39 is 5.97 Å². The van der Waals surface area contributed by atoms with Crippen LogP contribution in [0.15, 0.2) is 24.3 Å². The van der Waals surface area contributed by atoms with Crippen molar-refractivity contribution in [3.8, 4) is 0 Å². The van der Waals surface area contributed by atoms with E-state index in [-0.39, 0.29) is 12.5 Å². The van der Waals surface area contributed by atoms with Crippen LogP contribution in [0.2, 0.25) is 0 Å². The normalized spacial score (nSPS) is 10.3. The van der Waals surface area contributed by atoms with Crippen LogP contribution in [-0.2, 0) is 22.5 Å². The molecule has 0 saturated heterocycles. The molecule has 0 aliphatic heterocycles. The van der Waals surface area contributed by atoms with Crippen LogP contribution >= 0.6 is 11.5 Å². The second-order valence-electron chi connectivity index (χ2n) is 5.32. The van der Waals surface area contributed by atoms with E-state index in [1.165, 1.54) is 0 Å². The maximum Gasteiger partial charge on any atom is 0.352 e. The Labute approximate surface area is 144 Å². The number of amides is 1. The number of benzene rings is 1. The third kappa shape index (κ3) is 4.76. The van der Waals surface area contributed by atoms with Crippen molar-refractivity contribution in [1.82, 2.24) is 14.9 Å². The fourth-order valence-corrected chi connectivity index (χ4v) is 2.60. The molecule has 8 heteroatoms. The number of carbonyl (C=O) groups excluding carboxylic acids is 2. The summed E-state index contributed by atoms with van der Waals surface area (Å²) in [4.78, 5) is 26.0. The van der Waals surface area contributed by atoms with Crippen LogP contribution in [0.5, 0.6) is 0 Å². The van der Waals surface area contributed by atoms with Crippen LogP contribution in [0.1, 0.15) is 27.9 Å². The zero-order chi connectivity index (χ0) is 17.5. The van der Waals surface area contributed by atoms with Crippen molar-refractivity contribution in [2.75, 3.05) is 25.6 Å². The molecule has 1 heterocycles. The van der Waals surface area contributed by atoms with Gasteiger partial charge in [-0.15, -0.1) is 5.10 Å². The zero-order valence-electron chi connectivity index (χ0n) is 13.9. The Balaban J connectivity index is 1.78. The molecule has 2 aromatic rings. The lowest BCUT2D eigenvalue weighted by atomic mass is 10.2. The van der Waals surface area contributed by atoms with Gasteiger partial charge in [-0.3, -0.25) is 4.79 Å². The molecule has 0 bridgehead atoms. The van der Waals surface area contributed by atoms with Crippen molar-refractivity contribution in [3.63, 3.8) is 0 Å². The predicted molar refractivity (Wildman–Crippen MR) is 92.2 cm³/mol. The summed E-state index contributed by atoms with van der Waals surface area (Å²) in [6.45, 7) is 1.93. The van der Waals surface area contributed by atoms with E-state index in [9.17, 15) is 9.59 Å². The van der Waals surface area contributed by atoms with E-state index in [0.29, 0.717) is 23.5 Å². The van der Waals surface area contributed by atoms with E-state index in [0.717, 1.165) is 22.8 Å². The number of nitrogens with one attached hydrogen (secondary N) is 1. The smallest absolute Gasteiger partial charge is 0.352 e. The first-order chi connectivity index (χ1) is 11.5. The summed E-state index contributed by atoms with van der Waals surface area (Å²) < 4.78 is 8.73. The monoisotopic (exact) mass is 348 g/mol. The second-order valence-corrected chi connectivity index (χ2v) is 6.07. The van der Waals surface area contributed by atoms with E-state index in [4.69, 9.17) is 4.74 Å². The van der Waals surface area contributed by atoms with Gasteiger partial charge in [-0.2, -0.15) is 0 Å². The third-order valence-electron chi connectivity index (χ3n) is 3.35. The number of hydrogen-bond donors (Lipinski definition) is 1. The van der Waals surface area contributed by atoms with Gasteiger partial charge in [0.05, 0.1) is 5.69 Å². The minimum Gasteiger partial charge on any atom is -0.451 e. The van der Waals surface area contributed by atoms with Crippen LogP contribution in [0.4, 0.5) is 5.69 Å². The molecule has 24 heavy (non-hydrogen) atoms. The molecule has 1 aromatic carbocycles. The largest absolute Gasteiger partial charge is 0.451 e. The molecule has 2 rings (SSSR count). The molecule has 0 atom stereocenters. The Hall–Kier alpha value is -2.48. The molecule has 0 fully saturated rings. The highest BCUT2D eigenvalue weighted by Crippen LogP contribution is 2.13. The molecule has 1 amide bonds. The van der Waals surface area contributed by atoms with Gasteiger partial charge in [0.1, 0.15) is 0 Å². The van der Waals surface area contributed by atoms with Crippen LogP contribution in [0, 0.1) is 0 Å². The van der Waals surface area contributed by atoms with Gasteiger partial charge in [-0.1, -0.05) is 23.5 Å². The number of carbonyl (C=O) groups is 2. The van der Waals surface area contributed by atoms with Crippen molar-refractivity contribution in [3.05, 3.63) is 40.4 Å². The SMILES string of the molecule is CCc1nnsc1C(=O)OCC(=O)NCc1ccc(N(C)C)cc1. The molecule has 1 N–H and O–H groups in total. The summed E-state index contributed by atoms with van der Waals surface area (Å²) in [5.41, 5.74) is 2.65. The first-order valence-corrected chi connectivity index (χ1v) is 8.30. The van der Waals surface area contributed by atoms with Gasteiger partial charge < -0.3 is 15.0 Å². The maximum absolute atomic E-state index is 11.9. The number of aryl methyl sites for hydroxylation is 1. The van der Waals surface area contributed by atoms with Gasteiger partial charge in [0.15, 0.2) is 11.5 Å². The van der Waals surface area contributed by atoms with Crippen LogP contribution in [-0.4, -0.2) is 42.2 Å². The topological polar surface area (TPSA) is 84.4 Å². The molecule has 0 aliphatic carbocycles. The molecule has 0 unspecified atom stereocenters. The number of ether oxygens (including phenoxy) is 1. The number of esters is 1. The summed E-state index contributed by atoms with van der Waals surface area (Å²) in [6, 6.07) is 7.84. The van der Waals surface area contributed by atoms with E-state index in [1.54, 1.807) is 0 Å². The van der Waals surface area contributed by atoms with Crippen molar-refractivity contribution >= 4 is 29.1 Å².